The average molecular weight is 304 g/mol. The molecule has 0 bridgehead atoms. The van der Waals surface area contributed by atoms with Gasteiger partial charge in [0.05, 0.1) is 16.4 Å². The zero-order valence-electron chi connectivity index (χ0n) is 11.3. The summed E-state index contributed by atoms with van der Waals surface area (Å²) >= 11 is 6.14. The monoisotopic (exact) mass is 303 g/mol. The Morgan fingerprint density at radius 2 is 2.29 bits per heavy atom. The Morgan fingerprint density at radius 1 is 1.38 bits per heavy atom. The van der Waals surface area contributed by atoms with Crippen molar-refractivity contribution < 1.29 is 4.74 Å². The molecule has 1 aliphatic heterocycles. The fraction of sp³-hybridized carbons (Fsp3) is 0.357. The maximum Gasteiger partial charge on any atom is 0.150 e. The van der Waals surface area contributed by atoms with Crippen LogP contribution in [0.25, 0.3) is 21.7 Å². The van der Waals surface area contributed by atoms with Crippen LogP contribution in [0, 0.1) is 0 Å². The number of rotatable bonds is 3. The van der Waals surface area contributed by atoms with Crippen molar-refractivity contribution in [1.29, 1.82) is 0 Å². The van der Waals surface area contributed by atoms with Gasteiger partial charge in [0.25, 0.3) is 0 Å². The first-order chi connectivity index (χ1) is 10.3. The Kier molecular flexibility index (Phi) is 4.10. The smallest absolute Gasteiger partial charge is 0.150 e. The Hall–Kier alpha value is -2.01. The minimum absolute atomic E-state index is 0.0818. The summed E-state index contributed by atoms with van der Waals surface area (Å²) < 4.78 is 7.61. The standard InChI is InChI=1S/C14H14ClN5O/c15-11-5-3-4-10(14(11)18-19-16)12-7-8-17-20(12)13-6-1-2-9-21-13/h3-5,7-8,13H,1-2,6,9H2. The third-order valence-corrected chi connectivity index (χ3v) is 3.81. The van der Waals surface area contributed by atoms with Crippen LogP contribution in [0.4, 0.5) is 5.69 Å². The summed E-state index contributed by atoms with van der Waals surface area (Å²) in [6.45, 7) is 0.739. The molecule has 0 radical (unpaired) electrons. The number of hydrogen-bond acceptors (Lipinski definition) is 3. The van der Waals surface area contributed by atoms with Crippen LogP contribution in [0.2, 0.25) is 5.02 Å². The van der Waals surface area contributed by atoms with Crippen molar-refractivity contribution in [2.75, 3.05) is 6.61 Å². The van der Waals surface area contributed by atoms with E-state index in [1.807, 2.05) is 22.9 Å². The highest BCUT2D eigenvalue weighted by molar-refractivity contribution is 6.33. The van der Waals surface area contributed by atoms with Crippen molar-refractivity contribution in [2.24, 2.45) is 5.11 Å². The molecule has 108 valence electrons. The van der Waals surface area contributed by atoms with Crippen molar-refractivity contribution in [3.05, 3.63) is 45.9 Å². The number of halogens is 1. The van der Waals surface area contributed by atoms with Gasteiger partial charge in [-0.1, -0.05) is 28.8 Å². The van der Waals surface area contributed by atoms with Gasteiger partial charge < -0.3 is 4.74 Å². The zero-order valence-corrected chi connectivity index (χ0v) is 12.1. The highest BCUT2D eigenvalue weighted by atomic mass is 35.5. The van der Waals surface area contributed by atoms with Crippen LogP contribution in [0.5, 0.6) is 0 Å². The van der Waals surface area contributed by atoms with Gasteiger partial charge in [0, 0.05) is 23.3 Å². The van der Waals surface area contributed by atoms with Crippen LogP contribution in [-0.4, -0.2) is 16.4 Å². The molecule has 0 spiro atoms. The molecule has 0 saturated carbocycles. The van der Waals surface area contributed by atoms with Crippen LogP contribution in [0.15, 0.2) is 35.6 Å². The lowest BCUT2D eigenvalue weighted by molar-refractivity contribution is -0.0383. The van der Waals surface area contributed by atoms with Crippen molar-refractivity contribution in [3.8, 4) is 11.3 Å². The molecule has 0 amide bonds. The molecule has 1 aliphatic rings. The van der Waals surface area contributed by atoms with E-state index in [-0.39, 0.29) is 6.23 Å². The van der Waals surface area contributed by atoms with Crippen LogP contribution in [0.3, 0.4) is 0 Å². The fourth-order valence-electron chi connectivity index (χ4n) is 2.54. The van der Waals surface area contributed by atoms with Gasteiger partial charge in [-0.2, -0.15) is 5.10 Å². The number of benzene rings is 1. The van der Waals surface area contributed by atoms with E-state index < -0.39 is 0 Å². The molecular formula is C14H14ClN5O. The SMILES string of the molecule is [N-]=[N+]=Nc1c(Cl)cccc1-c1ccnn1C1CCCCO1. The van der Waals surface area contributed by atoms with Gasteiger partial charge in [-0.3, -0.25) is 0 Å². The van der Waals surface area contributed by atoms with Gasteiger partial charge >= 0.3 is 0 Å². The number of azide groups is 1. The topological polar surface area (TPSA) is 75.8 Å². The lowest BCUT2D eigenvalue weighted by Gasteiger charge is -2.24. The Balaban J connectivity index is 2.07. The summed E-state index contributed by atoms with van der Waals surface area (Å²) in [5.74, 6) is 0. The third kappa shape index (κ3) is 2.74. The summed E-state index contributed by atoms with van der Waals surface area (Å²) in [6, 6.07) is 7.27. The lowest BCUT2D eigenvalue weighted by Crippen LogP contribution is -2.19. The van der Waals surface area contributed by atoms with Crippen LogP contribution < -0.4 is 0 Å². The van der Waals surface area contributed by atoms with E-state index >= 15 is 0 Å². The van der Waals surface area contributed by atoms with Crippen LogP contribution in [0.1, 0.15) is 25.5 Å². The number of hydrogen-bond donors (Lipinski definition) is 0. The van der Waals surface area contributed by atoms with Gasteiger partial charge in [-0.25, -0.2) is 4.68 Å². The maximum absolute atomic E-state index is 8.74. The van der Waals surface area contributed by atoms with E-state index in [1.165, 1.54) is 0 Å². The summed E-state index contributed by atoms with van der Waals surface area (Å²) in [6.07, 6.45) is 4.75. The van der Waals surface area contributed by atoms with Gasteiger partial charge in [-0.05, 0) is 36.9 Å². The van der Waals surface area contributed by atoms with Crippen molar-refractivity contribution in [1.82, 2.24) is 9.78 Å². The molecule has 1 atom stereocenters. The number of nitrogens with zero attached hydrogens (tertiary/aromatic N) is 5. The first-order valence-electron chi connectivity index (χ1n) is 6.80. The van der Waals surface area contributed by atoms with E-state index in [0.29, 0.717) is 10.7 Å². The van der Waals surface area contributed by atoms with E-state index in [4.69, 9.17) is 21.9 Å². The molecule has 1 unspecified atom stereocenters. The quantitative estimate of drug-likeness (QED) is 0.462. The molecule has 0 aliphatic carbocycles. The third-order valence-electron chi connectivity index (χ3n) is 3.51. The molecule has 2 aromatic rings. The molecule has 6 nitrogen and oxygen atoms in total. The van der Waals surface area contributed by atoms with Gasteiger partial charge in [-0.15, -0.1) is 0 Å². The Bertz CT molecular complexity index is 686. The van der Waals surface area contributed by atoms with Crippen molar-refractivity contribution in [2.45, 2.75) is 25.5 Å². The number of aromatic nitrogens is 2. The highest BCUT2D eigenvalue weighted by Crippen LogP contribution is 2.38. The second-order valence-corrected chi connectivity index (χ2v) is 5.21. The summed E-state index contributed by atoms with van der Waals surface area (Å²) in [5.41, 5.74) is 10.7. The van der Waals surface area contributed by atoms with Gasteiger partial charge in [0.2, 0.25) is 0 Å². The molecule has 7 heteroatoms. The van der Waals surface area contributed by atoms with Crippen molar-refractivity contribution in [3.63, 3.8) is 0 Å². The molecule has 1 aromatic carbocycles. The summed E-state index contributed by atoms with van der Waals surface area (Å²) in [4.78, 5) is 2.86. The average Bonchev–Trinajstić information content (AvgIpc) is 3.00. The van der Waals surface area contributed by atoms with E-state index in [9.17, 15) is 0 Å². The normalized spacial score (nSPS) is 18.2. The number of ether oxygens (including phenoxy) is 1. The van der Waals surface area contributed by atoms with Gasteiger partial charge in [0.1, 0.15) is 0 Å². The highest BCUT2D eigenvalue weighted by Gasteiger charge is 2.21. The molecule has 0 N–H and O–H groups in total. The maximum atomic E-state index is 8.74. The zero-order chi connectivity index (χ0) is 14.7. The van der Waals surface area contributed by atoms with Crippen LogP contribution in [-0.2, 0) is 4.74 Å². The second kappa shape index (κ2) is 6.18. The Morgan fingerprint density at radius 3 is 3.05 bits per heavy atom. The second-order valence-electron chi connectivity index (χ2n) is 4.81. The molecule has 1 fully saturated rings. The predicted octanol–water partition coefficient (Wildman–Crippen LogP) is 4.84. The largest absolute Gasteiger partial charge is 0.356 e. The molecule has 1 aromatic heterocycles. The molecule has 3 rings (SSSR count). The first-order valence-corrected chi connectivity index (χ1v) is 7.18. The minimum atomic E-state index is -0.0818. The predicted molar refractivity (Wildman–Crippen MR) is 80.3 cm³/mol. The van der Waals surface area contributed by atoms with E-state index in [2.05, 4.69) is 15.1 Å². The molecule has 1 saturated heterocycles. The first kappa shape index (κ1) is 13.9. The molecule has 21 heavy (non-hydrogen) atoms. The van der Waals surface area contributed by atoms with Gasteiger partial charge in [0.15, 0.2) is 6.23 Å². The minimum Gasteiger partial charge on any atom is -0.356 e. The lowest BCUT2D eigenvalue weighted by atomic mass is 10.1. The Labute approximate surface area is 126 Å². The van der Waals surface area contributed by atoms with E-state index in [1.54, 1.807) is 12.3 Å². The van der Waals surface area contributed by atoms with Crippen LogP contribution >= 0.6 is 11.6 Å². The van der Waals surface area contributed by atoms with E-state index in [0.717, 1.165) is 37.1 Å². The summed E-state index contributed by atoms with van der Waals surface area (Å²) in [5, 5.41) is 8.50. The summed E-state index contributed by atoms with van der Waals surface area (Å²) in [7, 11) is 0. The molecule has 2 heterocycles. The fourth-order valence-corrected chi connectivity index (χ4v) is 2.75. The molecular weight excluding hydrogens is 290 g/mol. The van der Waals surface area contributed by atoms with Crippen molar-refractivity contribution >= 4 is 17.3 Å².